The van der Waals surface area contributed by atoms with Gasteiger partial charge in [0.25, 0.3) is 0 Å². The van der Waals surface area contributed by atoms with Gasteiger partial charge >= 0.3 is 5.97 Å². The van der Waals surface area contributed by atoms with Gasteiger partial charge in [-0.2, -0.15) is 0 Å². The Morgan fingerprint density at radius 3 is 2.46 bits per heavy atom. The fourth-order valence-corrected chi connectivity index (χ4v) is 4.16. The molecule has 3 rings (SSSR count). The number of esters is 1. The molecule has 1 heterocycles. The van der Waals surface area contributed by atoms with Gasteiger partial charge in [0.1, 0.15) is 6.61 Å². The predicted octanol–water partition coefficient (Wildman–Crippen LogP) is 2.80. The van der Waals surface area contributed by atoms with Crippen molar-refractivity contribution in [3.63, 3.8) is 0 Å². The molecule has 0 unspecified atom stereocenters. The normalized spacial score (nSPS) is 14.5. The van der Waals surface area contributed by atoms with Gasteiger partial charge in [0.05, 0.1) is 15.4 Å². The fraction of sp³-hybridized carbons (Fsp3) is 0.111. The monoisotopic (exact) mass is 342 g/mol. The summed E-state index contributed by atoms with van der Waals surface area (Å²) in [6, 6.07) is 9.97. The Morgan fingerprint density at radius 2 is 1.75 bits per heavy atom. The summed E-state index contributed by atoms with van der Waals surface area (Å²) in [6.07, 6.45) is 0. The lowest BCUT2D eigenvalue weighted by molar-refractivity contribution is 0.0539. The van der Waals surface area contributed by atoms with Crippen LogP contribution in [0.25, 0.3) is 0 Å². The van der Waals surface area contributed by atoms with Gasteiger partial charge in [0, 0.05) is 11.1 Å². The van der Waals surface area contributed by atoms with Gasteiger partial charge in [-0.3, -0.25) is 4.79 Å². The number of hydrogen-bond acceptors (Lipinski definition) is 5. The zero-order valence-corrected chi connectivity index (χ0v) is 13.7. The van der Waals surface area contributed by atoms with Crippen molar-refractivity contribution in [3.8, 4) is 0 Å². The molecule has 6 heteroatoms. The number of ether oxygens (including phenoxy) is 1. The molecule has 0 aliphatic carbocycles. The van der Waals surface area contributed by atoms with Crippen LogP contribution in [0.5, 0.6) is 0 Å². The summed E-state index contributed by atoms with van der Waals surface area (Å²) in [7, 11) is -3.87. The molecule has 2 aromatic carbocycles. The second-order valence-electron chi connectivity index (χ2n) is 5.57. The third-order valence-corrected chi connectivity index (χ3v) is 5.47. The van der Waals surface area contributed by atoms with E-state index in [-0.39, 0.29) is 38.9 Å². The highest BCUT2D eigenvalue weighted by molar-refractivity contribution is 7.91. The smallest absolute Gasteiger partial charge is 0.338 e. The highest BCUT2D eigenvalue weighted by atomic mass is 32.2. The first-order valence-electron chi connectivity index (χ1n) is 7.17. The summed E-state index contributed by atoms with van der Waals surface area (Å²) in [4.78, 5) is 24.3. The quantitative estimate of drug-likeness (QED) is 0.540. The van der Waals surface area contributed by atoms with Crippen LogP contribution in [0.15, 0.2) is 64.4 Å². The second-order valence-corrected chi connectivity index (χ2v) is 7.46. The summed E-state index contributed by atoms with van der Waals surface area (Å²) < 4.78 is 30.6. The molecule has 24 heavy (non-hydrogen) atoms. The van der Waals surface area contributed by atoms with Crippen LogP contribution < -0.4 is 0 Å². The standard InChI is InChI=1S/C18H14O5S/c1-11(2)10-23-18(20)12-7-8-14-16(9-12)24(21,22)15-6-4-3-5-13(15)17(14)19/h3-9H,1,10H2,2H3. The lowest BCUT2D eigenvalue weighted by Gasteiger charge is -2.19. The zero-order chi connectivity index (χ0) is 17.5. The van der Waals surface area contributed by atoms with Crippen molar-refractivity contribution in [2.45, 2.75) is 16.7 Å². The second kappa shape index (κ2) is 5.72. The van der Waals surface area contributed by atoms with Crippen molar-refractivity contribution in [2.24, 2.45) is 0 Å². The van der Waals surface area contributed by atoms with Crippen LogP contribution in [0.1, 0.15) is 33.2 Å². The van der Waals surface area contributed by atoms with E-state index in [2.05, 4.69) is 6.58 Å². The van der Waals surface area contributed by atoms with Crippen molar-refractivity contribution in [1.82, 2.24) is 0 Å². The maximum Gasteiger partial charge on any atom is 0.338 e. The molecular weight excluding hydrogens is 328 g/mol. The number of benzene rings is 2. The molecule has 0 N–H and O–H groups in total. The number of fused-ring (bicyclic) bond motifs is 2. The molecule has 1 aliphatic rings. The minimum Gasteiger partial charge on any atom is -0.458 e. The molecule has 122 valence electrons. The van der Waals surface area contributed by atoms with Crippen molar-refractivity contribution in [3.05, 3.63) is 71.3 Å². The Hall–Kier alpha value is -2.73. The van der Waals surface area contributed by atoms with Crippen molar-refractivity contribution >= 4 is 21.6 Å². The first-order valence-corrected chi connectivity index (χ1v) is 8.65. The van der Waals surface area contributed by atoms with Crippen LogP contribution in [-0.2, 0) is 14.6 Å². The fourth-order valence-electron chi connectivity index (χ4n) is 2.48. The SMILES string of the molecule is C=C(C)COC(=O)c1ccc2c(c1)S(=O)(=O)c1ccccc1C2=O. The van der Waals surface area contributed by atoms with E-state index in [0.29, 0.717) is 5.57 Å². The van der Waals surface area contributed by atoms with Gasteiger partial charge in [-0.1, -0.05) is 18.7 Å². The Bertz CT molecular complexity index is 986. The van der Waals surface area contributed by atoms with Gasteiger partial charge in [0.2, 0.25) is 9.84 Å². The maximum atomic E-state index is 12.8. The zero-order valence-electron chi connectivity index (χ0n) is 12.9. The molecule has 0 radical (unpaired) electrons. The predicted molar refractivity (Wildman–Crippen MR) is 86.9 cm³/mol. The average molecular weight is 342 g/mol. The molecule has 5 nitrogen and oxygen atoms in total. The van der Waals surface area contributed by atoms with Crippen LogP contribution >= 0.6 is 0 Å². The van der Waals surface area contributed by atoms with Crippen molar-refractivity contribution in [2.75, 3.05) is 6.61 Å². The largest absolute Gasteiger partial charge is 0.458 e. The molecule has 0 spiro atoms. The van der Waals surface area contributed by atoms with Crippen LogP contribution in [-0.4, -0.2) is 26.8 Å². The Morgan fingerprint density at radius 1 is 1.08 bits per heavy atom. The minimum absolute atomic E-state index is 0.0461. The van der Waals surface area contributed by atoms with Crippen LogP contribution in [0.3, 0.4) is 0 Å². The van der Waals surface area contributed by atoms with Gasteiger partial charge < -0.3 is 4.74 Å². The highest BCUT2D eigenvalue weighted by Crippen LogP contribution is 2.34. The van der Waals surface area contributed by atoms with E-state index in [1.54, 1.807) is 19.1 Å². The maximum absolute atomic E-state index is 12.8. The third-order valence-electron chi connectivity index (χ3n) is 3.62. The molecule has 0 fully saturated rings. The van der Waals surface area contributed by atoms with Crippen LogP contribution in [0, 0.1) is 0 Å². The van der Waals surface area contributed by atoms with E-state index < -0.39 is 15.8 Å². The average Bonchev–Trinajstić information content (AvgIpc) is 2.57. The molecule has 0 bridgehead atoms. The Balaban J connectivity index is 2.10. The third kappa shape index (κ3) is 2.55. The van der Waals surface area contributed by atoms with E-state index in [0.717, 1.165) is 0 Å². The molecule has 0 aromatic heterocycles. The summed E-state index contributed by atoms with van der Waals surface area (Å²) in [5.74, 6) is -1.04. The van der Waals surface area contributed by atoms with E-state index in [4.69, 9.17) is 4.74 Å². The molecule has 0 saturated carbocycles. The van der Waals surface area contributed by atoms with Crippen LogP contribution in [0.4, 0.5) is 0 Å². The summed E-state index contributed by atoms with van der Waals surface area (Å²) >= 11 is 0. The first kappa shape index (κ1) is 16.1. The van der Waals surface area contributed by atoms with E-state index in [1.165, 1.54) is 30.3 Å². The molecule has 0 saturated heterocycles. The summed E-state index contributed by atoms with van der Waals surface area (Å²) in [5.41, 5.74) is 0.941. The number of carbonyl (C=O) groups excluding carboxylic acids is 2. The van der Waals surface area contributed by atoms with Gasteiger partial charge in [-0.05, 0) is 42.8 Å². The summed E-state index contributed by atoms with van der Waals surface area (Å²) in [6.45, 7) is 5.39. The van der Waals surface area contributed by atoms with Gasteiger partial charge in [-0.25, -0.2) is 13.2 Å². The van der Waals surface area contributed by atoms with Crippen molar-refractivity contribution in [1.29, 1.82) is 0 Å². The Kier molecular flexibility index (Phi) is 3.85. The number of sulfone groups is 1. The minimum atomic E-state index is -3.87. The Labute approximate surface area is 139 Å². The lowest BCUT2D eigenvalue weighted by Crippen LogP contribution is -2.21. The van der Waals surface area contributed by atoms with E-state index >= 15 is 0 Å². The topological polar surface area (TPSA) is 77.5 Å². The van der Waals surface area contributed by atoms with E-state index in [1.807, 2.05) is 0 Å². The lowest BCUT2D eigenvalue weighted by atomic mass is 10.0. The summed E-state index contributed by atoms with van der Waals surface area (Å²) in [5, 5.41) is 0. The number of hydrogen-bond donors (Lipinski definition) is 0. The molecular formula is C18H14O5S. The number of rotatable bonds is 3. The molecule has 0 atom stereocenters. The van der Waals surface area contributed by atoms with Crippen molar-refractivity contribution < 1.29 is 22.7 Å². The number of carbonyl (C=O) groups is 2. The van der Waals surface area contributed by atoms with Gasteiger partial charge in [-0.15, -0.1) is 0 Å². The molecule has 1 aliphatic heterocycles. The highest BCUT2D eigenvalue weighted by Gasteiger charge is 2.35. The van der Waals surface area contributed by atoms with Gasteiger partial charge in [0.15, 0.2) is 5.78 Å². The molecule has 0 amide bonds. The van der Waals surface area contributed by atoms with E-state index in [9.17, 15) is 18.0 Å². The number of ketones is 1. The first-order chi connectivity index (χ1) is 11.3. The molecule has 2 aromatic rings. The van der Waals surface area contributed by atoms with Crippen LogP contribution in [0.2, 0.25) is 0 Å².